The van der Waals surface area contributed by atoms with Crippen LogP contribution >= 0.6 is 11.3 Å². The molecule has 1 aliphatic heterocycles. The second-order valence-corrected chi connectivity index (χ2v) is 9.46. The summed E-state index contributed by atoms with van der Waals surface area (Å²) in [5.41, 5.74) is 2.15. The molecule has 1 saturated heterocycles. The second-order valence-electron chi connectivity index (χ2n) is 8.35. The van der Waals surface area contributed by atoms with Gasteiger partial charge in [0.25, 0.3) is 5.91 Å². The number of ether oxygens (including phenoxy) is 1. The monoisotopic (exact) mass is 459 g/mol. The van der Waals surface area contributed by atoms with Gasteiger partial charge in [-0.1, -0.05) is 0 Å². The van der Waals surface area contributed by atoms with Crippen LogP contribution in [0.25, 0.3) is 0 Å². The van der Waals surface area contributed by atoms with E-state index in [-0.39, 0.29) is 18.4 Å². The van der Waals surface area contributed by atoms with Gasteiger partial charge in [0.2, 0.25) is 5.91 Å². The van der Waals surface area contributed by atoms with Crippen molar-refractivity contribution in [2.75, 3.05) is 45.2 Å². The summed E-state index contributed by atoms with van der Waals surface area (Å²) in [6.45, 7) is 6.17. The normalized spacial score (nSPS) is 16.5. The molecule has 0 radical (unpaired) electrons. The van der Waals surface area contributed by atoms with Crippen LogP contribution in [0.5, 0.6) is 0 Å². The summed E-state index contributed by atoms with van der Waals surface area (Å²) in [5.74, 6) is 0.777. The van der Waals surface area contributed by atoms with Crippen LogP contribution in [0.1, 0.15) is 55.5 Å². The fourth-order valence-corrected chi connectivity index (χ4v) is 5.76. The van der Waals surface area contributed by atoms with E-state index in [2.05, 4.69) is 5.32 Å². The van der Waals surface area contributed by atoms with E-state index in [1.807, 2.05) is 11.8 Å². The Bertz CT molecular complexity index is 1030. The molecule has 0 aromatic carbocycles. The number of hydrogen-bond donors (Lipinski definition) is 1. The van der Waals surface area contributed by atoms with Crippen molar-refractivity contribution in [2.45, 2.75) is 39.5 Å². The first-order chi connectivity index (χ1) is 15.4. The van der Waals surface area contributed by atoms with E-state index in [1.54, 1.807) is 17.9 Å². The van der Waals surface area contributed by atoms with Crippen molar-refractivity contribution < 1.29 is 23.5 Å². The number of anilines is 1. The number of carbonyl (C=O) groups is 3. The highest BCUT2D eigenvalue weighted by molar-refractivity contribution is 7.17. The Hall–Kier alpha value is -2.65. The minimum atomic E-state index is -0.392. The number of esters is 1. The van der Waals surface area contributed by atoms with E-state index in [0.717, 1.165) is 37.0 Å². The lowest BCUT2D eigenvalue weighted by atomic mass is 9.95. The Labute approximate surface area is 191 Å². The van der Waals surface area contributed by atoms with Gasteiger partial charge in [0.05, 0.1) is 24.8 Å². The molecular formula is C23H29N3O5S. The molecule has 1 N–H and O–H groups in total. The van der Waals surface area contributed by atoms with Gasteiger partial charge in [0.15, 0.2) is 0 Å². The third-order valence-corrected chi connectivity index (χ3v) is 7.32. The lowest BCUT2D eigenvalue weighted by Gasteiger charge is -2.34. The van der Waals surface area contributed by atoms with Gasteiger partial charge >= 0.3 is 5.97 Å². The molecule has 2 aromatic heterocycles. The number of rotatable bonds is 5. The molecule has 32 heavy (non-hydrogen) atoms. The van der Waals surface area contributed by atoms with Crippen molar-refractivity contribution in [2.24, 2.45) is 0 Å². The van der Waals surface area contributed by atoms with Gasteiger partial charge in [-0.2, -0.15) is 0 Å². The van der Waals surface area contributed by atoms with Crippen molar-refractivity contribution >= 4 is 34.1 Å². The summed E-state index contributed by atoms with van der Waals surface area (Å²) in [4.78, 5) is 42.9. The van der Waals surface area contributed by atoms with E-state index >= 15 is 0 Å². The number of hydrogen-bond acceptors (Lipinski definition) is 7. The number of aryl methyl sites for hydroxylation is 3. The maximum Gasteiger partial charge on any atom is 0.341 e. The van der Waals surface area contributed by atoms with Gasteiger partial charge in [-0.3, -0.25) is 14.5 Å². The van der Waals surface area contributed by atoms with E-state index < -0.39 is 5.97 Å². The highest BCUT2D eigenvalue weighted by atomic mass is 32.1. The number of nitrogens with zero attached hydrogens (tertiary/aromatic N) is 2. The average Bonchev–Trinajstić information content (AvgIpc) is 3.31. The van der Waals surface area contributed by atoms with Crippen LogP contribution in [0.3, 0.4) is 0 Å². The molecule has 1 fully saturated rings. The molecule has 0 unspecified atom stereocenters. The molecule has 0 bridgehead atoms. The van der Waals surface area contributed by atoms with Gasteiger partial charge in [-0.15, -0.1) is 11.3 Å². The largest absolute Gasteiger partial charge is 0.466 e. The molecule has 2 aromatic rings. The molecule has 4 rings (SSSR count). The summed E-state index contributed by atoms with van der Waals surface area (Å²) in [6, 6.07) is 1.77. The zero-order valence-electron chi connectivity index (χ0n) is 18.8. The zero-order chi connectivity index (χ0) is 22.8. The lowest BCUT2D eigenvalue weighted by Crippen LogP contribution is -2.50. The van der Waals surface area contributed by atoms with Gasteiger partial charge in [-0.25, -0.2) is 4.79 Å². The molecule has 2 aliphatic rings. The van der Waals surface area contributed by atoms with Crippen LogP contribution in [0.15, 0.2) is 10.5 Å². The Balaban J connectivity index is 1.35. The Morgan fingerprint density at radius 1 is 1.12 bits per heavy atom. The number of furan rings is 1. The summed E-state index contributed by atoms with van der Waals surface area (Å²) in [5, 5.41) is 3.54. The molecule has 8 nitrogen and oxygen atoms in total. The van der Waals surface area contributed by atoms with Crippen LogP contribution in [-0.4, -0.2) is 67.4 Å². The van der Waals surface area contributed by atoms with Crippen molar-refractivity contribution in [3.05, 3.63) is 39.2 Å². The van der Waals surface area contributed by atoms with E-state index in [1.165, 1.54) is 23.3 Å². The third-order valence-electron chi connectivity index (χ3n) is 6.11. The number of carbonyl (C=O) groups excluding carboxylic acids is 3. The van der Waals surface area contributed by atoms with Crippen LogP contribution < -0.4 is 5.32 Å². The third kappa shape index (κ3) is 4.59. The predicted molar refractivity (Wildman–Crippen MR) is 121 cm³/mol. The lowest BCUT2D eigenvalue weighted by molar-refractivity contribution is -0.117. The highest BCUT2D eigenvalue weighted by Gasteiger charge is 2.29. The first kappa shape index (κ1) is 22.5. The van der Waals surface area contributed by atoms with Crippen molar-refractivity contribution in [3.8, 4) is 0 Å². The smallest absolute Gasteiger partial charge is 0.341 e. The standard InChI is InChI=1S/C23H29N3O5S/c1-14-12-17(15(2)31-14)22(28)26-10-8-25(9-11-26)13-19(27)24-21-20(23(29)30-3)16-6-4-5-7-18(16)32-21/h12H,4-11,13H2,1-3H3,(H,24,27). The predicted octanol–water partition coefficient (Wildman–Crippen LogP) is 3.02. The van der Waals surface area contributed by atoms with Gasteiger partial charge in [0.1, 0.15) is 16.5 Å². The number of thiophene rings is 1. The number of nitrogens with one attached hydrogen (secondary N) is 1. The Morgan fingerprint density at radius 3 is 2.50 bits per heavy atom. The van der Waals surface area contributed by atoms with E-state index in [0.29, 0.717) is 48.1 Å². The SMILES string of the molecule is COC(=O)c1c(NC(=O)CN2CCN(C(=O)c3cc(C)oc3C)CC2)sc2c1CCCC2. The van der Waals surface area contributed by atoms with Crippen LogP contribution in [0.2, 0.25) is 0 Å². The van der Waals surface area contributed by atoms with Crippen LogP contribution in [-0.2, 0) is 22.4 Å². The molecular weight excluding hydrogens is 430 g/mol. The molecule has 2 amide bonds. The highest BCUT2D eigenvalue weighted by Crippen LogP contribution is 2.38. The second kappa shape index (κ2) is 9.46. The maximum atomic E-state index is 12.8. The number of methoxy groups -OCH3 is 1. The first-order valence-corrected chi connectivity index (χ1v) is 11.8. The van der Waals surface area contributed by atoms with Crippen LogP contribution in [0.4, 0.5) is 5.00 Å². The summed E-state index contributed by atoms with van der Waals surface area (Å²) in [7, 11) is 1.37. The fraction of sp³-hybridized carbons (Fsp3) is 0.522. The van der Waals surface area contributed by atoms with Crippen molar-refractivity contribution in [1.82, 2.24) is 9.80 Å². The van der Waals surface area contributed by atoms with Crippen LogP contribution in [0, 0.1) is 13.8 Å². The molecule has 172 valence electrons. The molecule has 0 atom stereocenters. The van der Waals surface area contributed by atoms with Crippen molar-refractivity contribution in [1.29, 1.82) is 0 Å². The summed E-state index contributed by atoms with van der Waals surface area (Å²) < 4.78 is 10.5. The van der Waals surface area contributed by atoms with E-state index in [4.69, 9.17) is 9.15 Å². The van der Waals surface area contributed by atoms with E-state index in [9.17, 15) is 14.4 Å². The average molecular weight is 460 g/mol. The molecule has 1 aliphatic carbocycles. The number of amides is 2. The number of fused-ring (bicyclic) bond motifs is 1. The fourth-order valence-electron chi connectivity index (χ4n) is 4.46. The van der Waals surface area contributed by atoms with Crippen molar-refractivity contribution in [3.63, 3.8) is 0 Å². The number of piperazine rings is 1. The Morgan fingerprint density at radius 2 is 1.84 bits per heavy atom. The maximum absolute atomic E-state index is 12.8. The quantitative estimate of drug-likeness (QED) is 0.691. The van der Waals surface area contributed by atoms with Gasteiger partial charge in [0, 0.05) is 31.1 Å². The van der Waals surface area contributed by atoms with Gasteiger partial charge in [-0.05, 0) is 51.2 Å². The zero-order valence-corrected chi connectivity index (χ0v) is 19.6. The molecule has 0 spiro atoms. The first-order valence-electron chi connectivity index (χ1n) is 11.0. The summed E-state index contributed by atoms with van der Waals surface area (Å²) in [6.07, 6.45) is 3.92. The molecule has 0 saturated carbocycles. The minimum Gasteiger partial charge on any atom is -0.466 e. The summed E-state index contributed by atoms with van der Waals surface area (Å²) >= 11 is 1.49. The Kier molecular flexibility index (Phi) is 6.66. The molecule has 9 heteroatoms. The minimum absolute atomic E-state index is 0.0321. The topological polar surface area (TPSA) is 92.1 Å². The molecule has 3 heterocycles. The van der Waals surface area contributed by atoms with Gasteiger partial charge < -0.3 is 19.4 Å².